The van der Waals surface area contributed by atoms with Gasteiger partial charge in [0.05, 0.1) is 17.7 Å². The molecule has 0 atom stereocenters. The Balaban J connectivity index is 2.04. The Morgan fingerprint density at radius 2 is 1.79 bits per heavy atom. The van der Waals surface area contributed by atoms with Crippen molar-refractivity contribution < 1.29 is 9.31 Å². The van der Waals surface area contributed by atoms with Gasteiger partial charge < -0.3 is 14.2 Å². The summed E-state index contributed by atoms with van der Waals surface area (Å²) in [5, 5.41) is 4.36. The summed E-state index contributed by atoms with van der Waals surface area (Å²) in [6.45, 7) is 10.1. The van der Waals surface area contributed by atoms with E-state index in [1.54, 1.807) is 0 Å². The Kier molecular flexibility index (Phi) is 3.77. The summed E-state index contributed by atoms with van der Waals surface area (Å²) in [5.74, 6) is 0. The highest BCUT2D eigenvalue weighted by Crippen LogP contribution is 2.36. The van der Waals surface area contributed by atoms with E-state index in [0.717, 1.165) is 18.6 Å². The zero-order chi connectivity index (χ0) is 14.3. The van der Waals surface area contributed by atoms with Gasteiger partial charge in [0, 0.05) is 24.4 Å². The molecule has 0 unspecified atom stereocenters. The van der Waals surface area contributed by atoms with Crippen molar-refractivity contribution in [2.75, 3.05) is 20.6 Å². The Hall–Kier alpha value is -0.845. The van der Waals surface area contributed by atoms with E-state index < -0.39 is 0 Å². The molecule has 2 rings (SSSR count). The van der Waals surface area contributed by atoms with E-state index in [0.29, 0.717) is 0 Å². The van der Waals surface area contributed by atoms with Gasteiger partial charge in [-0.3, -0.25) is 4.68 Å². The third kappa shape index (κ3) is 3.01. The lowest BCUT2D eigenvalue weighted by Crippen LogP contribution is -2.41. The van der Waals surface area contributed by atoms with Gasteiger partial charge in [0.25, 0.3) is 0 Å². The molecule has 2 heterocycles. The molecule has 5 nitrogen and oxygen atoms in total. The van der Waals surface area contributed by atoms with E-state index in [1.165, 1.54) is 0 Å². The van der Waals surface area contributed by atoms with Crippen LogP contribution in [0, 0.1) is 0 Å². The van der Waals surface area contributed by atoms with Crippen LogP contribution in [0.1, 0.15) is 27.7 Å². The van der Waals surface area contributed by atoms with E-state index in [-0.39, 0.29) is 18.3 Å². The van der Waals surface area contributed by atoms with Crippen molar-refractivity contribution in [2.45, 2.75) is 45.4 Å². The monoisotopic (exact) mass is 265 g/mol. The van der Waals surface area contributed by atoms with Crippen molar-refractivity contribution in [3.05, 3.63) is 12.4 Å². The maximum atomic E-state index is 6.00. The molecule has 1 aliphatic heterocycles. The predicted molar refractivity (Wildman–Crippen MR) is 76.5 cm³/mol. The summed E-state index contributed by atoms with van der Waals surface area (Å²) >= 11 is 0. The van der Waals surface area contributed by atoms with E-state index in [1.807, 2.05) is 17.1 Å². The Morgan fingerprint density at radius 1 is 1.21 bits per heavy atom. The molecule has 0 aromatic carbocycles. The van der Waals surface area contributed by atoms with E-state index in [2.05, 4.69) is 51.8 Å². The van der Waals surface area contributed by atoms with Gasteiger partial charge >= 0.3 is 7.12 Å². The Labute approximate surface area is 116 Å². The molecule has 19 heavy (non-hydrogen) atoms. The minimum absolute atomic E-state index is 0.302. The molecule has 0 spiro atoms. The normalized spacial score (nSPS) is 21.3. The Bertz CT molecular complexity index is 427. The summed E-state index contributed by atoms with van der Waals surface area (Å²) in [6, 6.07) is 0. The van der Waals surface area contributed by atoms with Crippen LogP contribution in [0.5, 0.6) is 0 Å². The van der Waals surface area contributed by atoms with Crippen LogP contribution in [0.25, 0.3) is 0 Å². The minimum atomic E-state index is -0.321. The number of hydrogen-bond donors (Lipinski definition) is 0. The third-order valence-electron chi connectivity index (χ3n) is 3.95. The van der Waals surface area contributed by atoms with Gasteiger partial charge in [0.1, 0.15) is 0 Å². The van der Waals surface area contributed by atoms with Crippen LogP contribution in [0.15, 0.2) is 12.4 Å². The van der Waals surface area contributed by atoms with Gasteiger partial charge in [-0.15, -0.1) is 0 Å². The van der Waals surface area contributed by atoms with Gasteiger partial charge in [-0.1, -0.05) is 0 Å². The maximum absolute atomic E-state index is 6.00. The van der Waals surface area contributed by atoms with E-state index in [4.69, 9.17) is 9.31 Å². The first kappa shape index (κ1) is 14.6. The first-order valence-corrected chi connectivity index (χ1v) is 6.74. The molecule has 0 aliphatic carbocycles. The summed E-state index contributed by atoms with van der Waals surface area (Å²) in [7, 11) is 3.79. The zero-order valence-corrected chi connectivity index (χ0v) is 12.8. The quantitative estimate of drug-likeness (QED) is 0.753. The van der Waals surface area contributed by atoms with Gasteiger partial charge in [-0.05, 0) is 41.8 Å². The average Bonchev–Trinajstić information content (AvgIpc) is 2.79. The van der Waals surface area contributed by atoms with Gasteiger partial charge in [-0.2, -0.15) is 5.10 Å². The number of likely N-dealkylation sites (N-methyl/N-ethyl adjacent to an activating group) is 1. The molecule has 1 aliphatic rings. The van der Waals surface area contributed by atoms with Crippen molar-refractivity contribution in [1.29, 1.82) is 0 Å². The molecule has 0 N–H and O–H groups in total. The molecule has 1 saturated heterocycles. The molecule has 1 aromatic rings. The highest BCUT2D eigenvalue weighted by Gasteiger charge is 2.52. The van der Waals surface area contributed by atoms with Crippen molar-refractivity contribution in [3.8, 4) is 0 Å². The molecular formula is C13H24BN3O2. The number of aromatic nitrogens is 2. The SMILES string of the molecule is CN(C)CCn1cc(B2OC(C)(C)C(C)(C)O2)cn1. The molecule has 1 fully saturated rings. The van der Waals surface area contributed by atoms with Crippen LogP contribution in [0.3, 0.4) is 0 Å². The Morgan fingerprint density at radius 3 is 2.32 bits per heavy atom. The van der Waals surface area contributed by atoms with Crippen molar-refractivity contribution >= 4 is 12.6 Å². The second-order valence-corrected chi connectivity index (χ2v) is 6.43. The van der Waals surface area contributed by atoms with E-state index >= 15 is 0 Å². The summed E-state index contributed by atoms with van der Waals surface area (Å²) in [5.41, 5.74) is 0.379. The summed E-state index contributed by atoms with van der Waals surface area (Å²) in [4.78, 5) is 2.14. The van der Waals surface area contributed by atoms with Crippen LogP contribution in [-0.4, -0.2) is 53.6 Å². The van der Waals surface area contributed by atoms with Crippen LogP contribution in [0.4, 0.5) is 0 Å². The second-order valence-electron chi connectivity index (χ2n) is 6.43. The highest BCUT2D eigenvalue weighted by atomic mass is 16.7. The number of nitrogens with zero attached hydrogens (tertiary/aromatic N) is 3. The van der Waals surface area contributed by atoms with Crippen LogP contribution >= 0.6 is 0 Å². The van der Waals surface area contributed by atoms with Gasteiger partial charge in [0.15, 0.2) is 0 Å². The molecule has 0 saturated carbocycles. The topological polar surface area (TPSA) is 39.5 Å². The smallest absolute Gasteiger partial charge is 0.399 e. The summed E-state index contributed by atoms with van der Waals surface area (Å²) < 4.78 is 13.9. The average molecular weight is 265 g/mol. The zero-order valence-electron chi connectivity index (χ0n) is 12.8. The van der Waals surface area contributed by atoms with Crippen LogP contribution in [-0.2, 0) is 15.9 Å². The fourth-order valence-corrected chi connectivity index (χ4v) is 1.91. The molecule has 6 heteroatoms. The molecule has 0 amide bonds. The van der Waals surface area contributed by atoms with Crippen molar-refractivity contribution in [3.63, 3.8) is 0 Å². The molecule has 106 valence electrons. The number of rotatable bonds is 4. The van der Waals surface area contributed by atoms with Crippen LogP contribution < -0.4 is 5.46 Å². The van der Waals surface area contributed by atoms with Gasteiger partial charge in [-0.25, -0.2) is 0 Å². The van der Waals surface area contributed by atoms with Crippen molar-refractivity contribution in [1.82, 2.24) is 14.7 Å². The van der Waals surface area contributed by atoms with E-state index in [9.17, 15) is 0 Å². The molecular weight excluding hydrogens is 241 g/mol. The lowest BCUT2D eigenvalue weighted by atomic mass is 9.82. The lowest BCUT2D eigenvalue weighted by molar-refractivity contribution is 0.00578. The second kappa shape index (κ2) is 4.92. The minimum Gasteiger partial charge on any atom is -0.399 e. The molecule has 1 aromatic heterocycles. The third-order valence-corrected chi connectivity index (χ3v) is 3.95. The molecule has 0 radical (unpaired) electrons. The largest absolute Gasteiger partial charge is 0.498 e. The number of hydrogen-bond acceptors (Lipinski definition) is 4. The fraction of sp³-hybridized carbons (Fsp3) is 0.769. The predicted octanol–water partition coefficient (Wildman–Crippen LogP) is 0.744. The summed E-state index contributed by atoms with van der Waals surface area (Å²) in [6.07, 6.45) is 3.84. The first-order chi connectivity index (χ1) is 8.71. The van der Waals surface area contributed by atoms with Crippen LogP contribution in [0.2, 0.25) is 0 Å². The standard InChI is InChI=1S/C13H24BN3O2/c1-12(2)13(3,4)19-14(18-12)11-9-15-17(10-11)8-7-16(5)6/h9-10H,7-8H2,1-6H3. The van der Waals surface area contributed by atoms with Gasteiger partial charge in [0.2, 0.25) is 0 Å². The lowest BCUT2D eigenvalue weighted by Gasteiger charge is -2.32. The molecule has 0 bridgehead atoms. The van der Waals surface area contributed by atoms with Crippen molar-refractivity contribution in [2.24, 2.45) is 0 Å². The highest BCUT2D eigenvalue weighted by molar-refractivity contribution is 6.61. The fourth-order valence-electron chi connectivity index (χ4n) is 1.91. The first-order valence-electron chi connectivity index (χ1n) is 6.74. The maximum Gasteiger partial charge on any atom is 0.498 e.